The van der Waals surface area contributed by atoms with E-state index in [1.54, 1.807) is 19.1 Å². The summed E-state index contributed by atoms with van der Waals surface area (Å²) in [5, 5.41) is 13.1. The minimum Gasteiger partial charge on any atom is -0.507 e. The highest BCUT2D eigenvalue weighted by atomic mass is 79.9. The number of nitrogens with zero attached hydrogens (tertiary/aromatic N) is 2. The number of benzene rings is 1. The largest absolute Gasteiger partial charge is 0.507 e. The molecule has 3 N–H and O–H groups in total. The maximum absolute atomic E-state index is 11.8. The Balaban J connectivity index is 2.08. The van der Waals surface area contributed by atoms with Crippen LogP contribution in [-0.2, 0) is 0 Å². The Hall–Kier alpha value is -2.48. The first-order valence-electron chi connectivity index (χ1n) is 5.85. The standard InChI is InChI=1S/C13H11BrN4O3/c1-7-4-10(17-13(21)16-7)12(20)18-15-6-8-2-3-11(19)9(14)5-8/h2-6,19H,1H3,(H,18,20)(H,16,17,21)/b15-6+. The lowest BCUT2D eigenvalue weighted by molar-refractivity contribution is 0.0949. The lowest BCUT2D eigenvalue weighted by atomic mass is 10.2. The van der Waals surface area contributed by atoms with Crippen LogP contribution < -0.4 is 11.1 Å². The van der Waals surface area contributed by atoms with Crippen LogP contribution in [0.2, 0.25) is 0 Å². The first-order valence-corrected chi connectivity index (χ1v) is 6.65. The molecule has 1 aromatic carbocycles. The molecule has 0 aliphatic rings. The van der Waals surface area contributed by atoms with E-state index in [1.165, 1.54) is 18.3 Å². The minimum atomic E-state index is -0.591. The Kier molecular flexibility index (Phi) is 4.49. The van der Waals surface area contributed by atoms with Gasteiger partial charge in [-0.15, -0.1) is 0 Å². The number of hydrogen-bond acceptors (Lipinski definition) is 5. The summed E-state index contributed by atoms with van der Waals surface area (Å²) in [6.45, 7) is 1.65. The van der Waals surface area contributed by atoms with Gasteiger partial charge in [0.05, 0.1) is 10.7 Å². The maximum Gasteiger partial charge on any atom is 0.345 e. The molecular formula is C13H11BrN4O3. The van der Waals surface area contributed by atoms with Gasteiger partial charge in [0, 0.05) is 5.69 Å². The van der Waals surface area contributed by atoms with Crippen molar-refractivity contribution in [2.75, 3.05) is 0 Å². The molecular weight excluding hydrogens is 340 g/mol. The van der Waals surface area contributed by atoms with Crippen molar-refractivity contribution in [3.05, 3.63) is 56.2 Å². The molecule has 1 heterocycles. The second kappa shape index (κ2) is 6.31. The number of carbonyl (C=O) groups excluding carboxylic acids is 1. The number of halogens is 1. The molecule has 0 bridgehead atoms. The molecule has 0 fully saturated rings. The minimum absolute atomic E-state index is 0.0136. The highest BCUT2D eigenvalue weighted by molar-refractivity contribution is 9.10. The van der Waals surface area contributed by atoms with E-state index in [-0.39, 0.29) is 11.4 Å². The number of aryl methyl sites for hydroxylation is 1. The van der Waals surface area contributed by atoms with Crippen molar-refractivity contribution in [1.29, 1.82) is 0 Å². The number of aromatic hydroxyl groups is 1. The zero-order valence-corrected chi connectivity index (χ0v) is 12.5. The average Bonchev–Trinajstić information content (AvgIpc) is 2.41. The normalized spacial score (nSPS) is 10.8. The number of H-pyrrole nitrogens is 1. The van der Waals surface area contributed by atoms with Gasteiger partial charge in [0.2, 0.25) is 0 Å². The van der Waals surface area contributed by atoms with Gasteiger partial charge in [-0.25, -0.2) is 10.2 Å². The summed E-state index contributed by atoms with van der Waals surface area (Å²) < 4.78 is 0.518. The summed E-state index contributed by atoms with van der Waals surface area (Å²) in [6, 6.07) is 6.21. The number of phenols is 1. The fourth-order valence-electron chi connectivity index (χ4n) is 1.52. The van der Waals surface area contributed by atoms with Gasteiger partial charge in [0.25, 0.3) is 5.91 Å². The third-order valence-corrected chi connectivity index (χ3v) is 3.10. The average molecular weight is 351 g/mol. The summed E-state index contributed by atoms with van der Waals surface area (Å²) >= 11 is 3.17. The molecule has 0 radical (unpaired) electrons. The molecule has 2 aromatic rings. The monoisotopic (exact) mass is 350 g/mol. The van der Waals surface area contributed by atoms with Crippen LogP contribution in [0.4, 0.5) is 0 Å². The second-order valence-corrected chi connectivity index (χ2v) is 5.02. The zero-order chi connectivity index (χ0) is 15.4. The Morgan fingerprint density at radius 2 is 2.24 bits per heavy atom. The van der Waals surface area contributed by atoms with Gasteiger partial charge in [0.1, 0.15) is 11.4 Å². The first kappa shape index (κ1) is 14.9. The molecule has 0 aliphatic carbocycles. The van der Waals surface area contributed by atoms with E-state index in [9.17, 15) is 14.7 Å². The van der Waals surface area contributed by atoms with Crippen LogP contribution in [0.15, 0.2) is 38.6 Å². The van der Waals surface area contributed by atoms with E-state index < -0.39 is 11.6 Å². The molecule has 108 valence electrons. The highest BCUT2D eigenvalue weighted by Crippen LogP contribution is 2.23. The van der Waals surface area contributed by atoms with Crippen LogP contribution in [0, 0.1) is 6.92 Å². The molecule has 7 nitrogen and oxygen atoms in total. The van der Waals surface area contributed by atoms with Gasteiger partial charge >= 0.3 is 5.69 Å². The Morgan fingerprint density at radius 1 is 1.48 bits per heavy atom. The molecule has 0 saturated heterocycles. The summed E-state index contributed by atoms with van der Waals surface area (Å²) in [4.78, 5) is 28.9. The Bertz CT molecular complexity index is 770. The third kappa shape index (κ3) is 3.99. The number of amides is 1. The SMILES string of the molecule is Cc1cc(C(=O)N/N=C/c2ccc(O)c(Br)c2)nc(=O)[nH]1. The van der Waals surface area contributed by atoms with E-state index in [1.807, 2.05) is 0 Å². The number of aromatic amines is 1. The number of hydrogen-bond donors (Lipinski definition) is 3. The Morgan fingerprint density at radius 3 is 2.90 bits per heavy atom. The lowest BCUT2D eigenvalue weighted by Crippen LogP contribution is -2.24. The topological polar surface area (TPSA) is 107 Å². The van der Waals surface area contributed by atoms with E-state index in [0.717, 1.165) is 0 Å². The molecule has 8 heteroatoms. The number of rotatable bonds is 3. The van der Waals surface area contributed by atoms with Crippen molar-refractivity contribution in [3.63, 3.8) is 0 Å². The first-order chi connectivity index (χ1) is 9.95. The second-order valence-electron chi connectivity index (χ2n) is 4.16. The van der Waals surface area contributed by atoms with E-state index >= 15 is 0 Å². The molecule has 0 atom stereocenters. The van der Waals surface area contributed by atoms with Gasteiger partial charge < -0.3 is 10.1 Å². The summed E-state index contributed by atoms with van der Waals surface area (Å²) in [5.74, 6) is -0.474. The molecule has 0 aliphatic heterocycles. The summed E-state index contributed by atoms with van der Waals surface area (Å²) in [6.07, 6.45) is 1.40. The molecule has 0 spiro atoms. The van der Waals surface area contributed by atoms with Gasteiger partial charge in [-0.1, -0.05) is 0 Å². The van der Waals surface area contributed by atoms with Crippen LogP contribution in [0.3, 0.4) is 0 Å². The van der Waals surface area contributed by atoms with Gasteiger partial charge in [-0.3, -0.25) is 4.79 Å². The van der Waals surface area contributed by atoms with Crippen molar-refractivity contribution >= 4 is 28.1 Å². The number of phenolic OH excluding ortho intramolecular Hbond substituents is 1. The third-order valence-electron chi connectivity index (χ3n) is 2.46. The lowest BCUT2D eigenvalue weighted by Gasteiger charge is -2.00. The van der Waals surface area contributed by atoms with E-state index in [4.69, 9.17) is 0 Å². The maximum atomic E-state index is 11.8. The van der Waals surface area contributed by atoms with Crippen molar-refractivity contribution in [3.8, 4) is 5.75 Å². The number of carbonyl (C=O) groups is 1. The molecule has 1 amide bonds. The fourth-order valence-corrected chi connectivity index (χ4v) is 1.92. The molecule has 2 rings (SSSR count). The van der Waals surface area contributed by atoms with Crippen LogP contribution in [0.1, 0.15) is 21.7 Å². The summed E-state index contributed by atoms with van der Waals surface area (Å²) in [7, 11) is 0. The molecule has 1 aromatic heterocycles. The van der Waals surface area contributed by atoms with E-state index in [2.05, 4.69) is 36.4 Å². The molecule has 0 saturated carbocycles. The number of hydrazone groups is 1. The van der Waals surface area contributed by atoms with E-state index in [0.29, 0.717) is 15.7 Å². The van der Waals surface area contributed by atoms with Crippen LogP contribution in [0.25, 0.3) is 0 Å². The zero-order valence-electron chi connectivity index (χ0n) is 10.9. The van der Waals surface area contributed by atoms with Crippen molar-refractivity contribution in [1.82, 2.24) is 15.4 Å². The number of nitrogens with one attached hydrogen (secondary N) is 2. The quantitative estimate of drug-likeness (QED) is 0.572. The van der Waals surface area contributed by atoms with Gasteiger partial charge in [0.15, 0.2) is 0 Å². The van der Waals surface area contributed by atoms with Gasteiger partial charge in [-0.05, 0) is 52.7 Å². The highest BCUT2D eigenvalue weighted by Gasteiger charge is 2.07. The van der Waals surface area contributed by atoms with Crippen molar-refractivity contribution in [2.45, 2.75) is 6.92 Å². The Labute approximate surface area is 127 Å². The van der Waals surface area contributed by atoms with Crippen molar-refractivity contribution < 1.29 is 9.90 Å². The van der Waals surface area contributed by atoms with Crippen LogP contribution >= 0.6 is 15.9 Å². The number of aromatic nitrogens is 2. The van der Waals surface area contributed by atoms with Gasteiger partial charge in [-0.2, -0.15) is 10.1 Å². The molecule has 21 heavy (non-hydrogen) atoms. The smallest absolute Gasteiger partial charge is 0.345 e. The predicted molar refractivity (Wildman–Crippen MR) is 80.5 cm³/mol. The summed E-state index contributed by atoms with van der Waals surface area (Å²) in [5.41, 5.74) is 2.88. The fraction of sp³-hybridized carbons (Fsp3) is 0.0769. The predicted octanol–water partition coefficient (Wildman–Crippen LogP) is 1.31. The van der Waals surface area contributed by atoms with Crippen molar-refractivity contribution in [2.24, 2.45) is 5.10 Å². The van der Waals surface area contributed by atoms with Crippen LogP contribution in [0.5, 0.6) is 5.75 Å². The molecule has 0 unspecified atom stereocenters. The van der Waals surface area contributed by atoms with Crippen LogP contribution in [-0.4, -0.2) is 27.2 Å².